The van der Waals surface area contributed by atoms with Gasteiger partial charge < -0.3 is 10.0 Å². The van der Waals surface area contributed by atoms with Gasteiger partial charge in [0.2, 0.25) is 0 Å². The van der Waals surface area contributed by atoms with Crippen molar-refractivity contribution in [2.75, 3.05) is 26.2 Å². The standard InChI is InChI=1S/C22H25NOS/c24-15-5-12-23-13-10-17(11-14-23)22-19-7-2-1-6-18(19)16-25-21-9-4-3-8-20(21)22/h1-4,6-9,24H,5,10-16H2. The minimum absolute atomic E-state index is 0.294. The predicted molar refractivity (Wildman–Crippen MR) is 106 cm³/mol. The van der Waals surface area contributed by atoms with Gasteiger partial charge in [-0.2, -0.15) is 0 Å². The Kier molecular flexibility index (Phi) is 5.25. The molecule has 2 nitrogen and oxygen atoms in total. The summed E-state index contributed by atoms with van der Waals surface area (Å²) in [5, 5.41) is 9.06. The van der Waals surface area contributed by atoms with Crippen molar-refractivity contribution in [2.45, 2.75) is 29.9 Å². The summed E-state index contributed by atoms with van der Waals surface area (Å²) in [7, 11) is 0. The molecule has 2 aromatic carbocycles. The molecule has 130 valence electrons. The zero-order chi connectivity index (χ0) is 17.1. The Hall–Kier alpha value is -1.55. The van der Waals surface area contributed by atoms with Gasteiger partial charge in [0.05, 0.1) is 0 Å². The number of thioether (sulfide) groups is 1. The van der Waals surface area contributed by atoms with E-state index in [0.717, 1.165) is 44.6 Å². The molecule has 0 unspecified atom stereocenters. The van der Waals surface area contributed by atoms with Crippen LogP contribution in [0, 0.1) is 0 Å². The van der Waals surface area contributed by atoms with Crippen molar-refractivity contribution in [2.24, 2.45) is 0 Å². The minimum Gasteiger partial charge on any atom is -0.396 e. The lowest BCUT2D eigenvalue weighted by Crippen LogP contribution is -2.32. The fraction of sp³-hybridized carbons (Fsp3) is 0.364. The van der Waals surface area contributed by atoms with E-state index in [2.05, 4.69) is 53.4 Å². The Morgan fingerprint density at radius 1 is 0.920 bits per heavy atom. The van der Waals surface area contributed by atoms with Crippen molar-refractivity contribution in [3.63, 3.8) is 0 Å². The van der Waals surface area contributed by atoms with E-state index in [4.69, 9.17) is 5.11 Å². The first-order valence-corrected chi connectivity index (χ1v) is 10.2. The molecule has 0 aliphatic carbocycles. The normalized spacial score (nSPS) is 17.8. The number of likely N-dealkylation sites (tertiary alicyclic amines) is 1. The third-order valence-electron chi connectivity index (χ3n) is 5.27. The number of hydrogen-bond donors (Lipinski definition) is 1. The van der Waals surface area contributed by atoms with Crippen molar-refractivity contribution < 1.29 is 5.11 Å². The Labute approximate surface area is 154 Å². The van der Waals surface area contributed by atoms with Gasteiger partial charge in [-0.1, -0.05) is 48.0 Å². The van der Waals surface area contributed by atoms with E-state index in [-0.39, 0.29) is 0 Å². The first-order chi connectivity index (χ1) is 12.4. The van der Waals surface area contributed by atoms with Crippen LogP contribution < -0.4 is 0 Å². The van der Waals surface area contributed by atoms with E-state index in [9.17, 15) is 0 Å². The van der Waals surface area contributed by atoms with E-state index in [1.54, 1.807) is 5.57 Å². The molecule has 4 rings (SSSR count). The first-order valence-electron chi connectivity index (χ1n) is 9.22. The highest BCUT2D eigenvalue weighted by Crippen LogP contribution is 2.43. The van der Waals surface area contributed by atoms with Gasteiger partial charge in [-0.25, -0.2) is 0 Å². The Morgan fingerprint density at radius 3 is 2.44 bits per heavy atom. The van der Waals surface area contributed by atoms with Crippen LogP contribution in [-0.2, 0) is 5.75 Å². The van der Waals surface area contributed by atoms with Crippen molar-refractivity contribution in [1.29, 1.82) is 0 Å². The van der Waals surface area contributed by atoms with Gasteiger partial charge in [0.1, 0.15) is 0 Å². The lowest BCUT2D eigenvalue weighted by molar-refractivity contribution is 0.215. The molecule has 0 bridgehead atoms. The van der Waals surface area contributed by atoms with Crippen LogP contribution in [0.5, 0.6) is 0 Å². The monoisotopic (exact) mass is 351 g/mol. The molecule has 2 aliphatic rings. The molecule has 0 atom stereocenters. The minimum atomic E-state index is 0.294. The van der Waals surface area contributed by atoms with Gasteiger partial charge in [-0.15, -0.1) is 11.8 Å². The number of rotatable bonds is 3. The molecule has 2 heterocycles. The second kappa shape index (κ2) is 7.77. The number of piperidine rings is 1. The van der Waals surface area contributed by atoms with E-state index in [1.165, 1.54) is 27.2 Å². The van der Waals surface area contributed by atoms with Gasteiger partial charge >= 0.3 is 0 Å². The second-order valence-corrected chi connectivity index (χ2v) is 7.86. The highest BCUT2D eigenvalue weighted by atomic mass is 32.2. The van der Waals surface area contributed by atoms with Crippen molar-refractivity contribution in [3.8, 4) is 0 Å². The number of aliphatic hydroxyl groups is 1. The maximum atomic E-state index is 9.06. The molecule has 25 heavy (non-hydrogen) atoms. The van der Waals surface area contributed by atoms with Crippen LogP contribution in [0.4, 0.5) is 0 Å². The number of nitrogens with zero attached hydrogens (tertiary/aromatic N) is 1. The van der Waals surface area contributed by atoms with Crippen LogP contribution >= 0.6 is 11.8 Å². The molecule has 2 aliphatic heterocycles. The average molecular weight is 352 g/mol. The molecule has 1 saturated heterocycles. The zero-order valence-electron chi connectivity index (χ0n) is 14.6. The van der Waals surface area contributed by atoms with Gasteiger partial charge in [0.15, 0.2) is 0 Å². The molecule has 2 aromatic rings. The summed E-state index contributed by atoms with van der Waals surface area (Å²) in [6.07, 6.45) is 3.15. The van der Waals surface area contributed by atoms with Gasteiger partial charge in [-0.05, 0) is 47.6 Å². The predicted octanol–water partition coefficient (Wildman–Crippen LogP) is 4.57. The van der Waals surface area contributed by atoms with Crippen LogP contribution in [0.3, 0.4) is 0 Å². The summed E-state index contributed by atoms with van der Waals surface area (Å²) >= 11 is 1.96. The maximum absolute atomic E-state index is 9.06. The van der Waals surface area contributed by atoms with Crippen LogP contribution in [0.1, 0.15) is 36.0 Å². The molecular weight excluding hydrogens is 326 g/mol. The lowest BCUT2D eigenvalue weighted by atomic mass is 9.86. The third-order valence-corrected chi connectivity index (χ3v) is 6.39. The molecule has 0 amide bonds. The van der Waals surface area contributed by atoms with E-state index in [1.807, 2.05) is 11.8 Å². The fourth-order valence-electron chi connectivity index (χ4n) is 3.96. The van der Waals surface area contributed by atoms with E-state index < -0.39 is 0 Å². The second-order valence-electron chi connectivity index (χ2n) is 6.84. The van der Waals surface area contributed by atoms with Crippen molar-refractivity contribution in [3.05, 3.63) is 70.8 Å². The molecular formula is C22H25NOS. The first kappa shape index (κ1) is 16.9. The summed E-state index contributed by atoms with van der Waals surface area (Å²) < 4.78 is 0. The summed E-state index contributed by atoms with van der Waals surface area (Å²) in [6, 6.07) is 17.8. The molecule has 0 radical (unpaired) electrons. The van der Waals surface area contributed by atoms with Crippen molar-refractivity contribution in [1.82, 2.24) is 4.90 Å². The summed E-state index contributed by atoms with van der Waals surface area (Å²) in [5.41, 5.74) is 7.38. The summed E-state index contributed by atoms with van der Waals surface area (Å²) in [4.78, 5) is 3.90. The van der Waals surface area contributed by atoms with Crippen LogP contribution in [0.15, 0.2) is 59.0 Å². The number of aliphatic hydroxyl groups excluding tert-OH is 1. The molecule has 0 spiro atoms. The Bertz CT molecular complexity index is 724. The highest BCUT2D eigenvalue weighted by Gasteiger charge is 2.23. The van der Waals surface area contributed by atoms with Gasteiger partial charge in [0, 0.05) is 36.9 Å². The van der Waals surface area contributed by atoms with Crippen LogP contribution in [0.25, 0.3) is 5.57 Å². The fourth-order valence-corrected chi connectivity index (χ4v) is 5.02. The van der Waals surface area contributed by atoms with Gasteiger partial charge in [-0.3, -0.25) is 0 Å². The van der Waals surface area contributed by atoms with Crippen LogP contribution in [-0.4, -0.2) is 36.2 Å². The summed E-state index contributed by atoms with van der Waals surface area (Å²) in [6.45, 7) is 3.52. The number of fused-ring (bicyclic) bond motifs is 2. The third kappa shape index (κ3) is 3.55. The Balaban J connectivity index is 1.73. The quantitative estimate of drug-likeness (QED) is 0.876. The van der Waals surface area contributed by atoms with Crippen molar-refractivity contribution >= 4 is 17.3 Å². The van der Waals surface area contributed by atoms with Gasteiger partial charge in [0.25, 0.3) is 0 Å². The topological polar surface area (TPSA) is 23.5 Å². The Morgan fingerprint density at radius 2 is 1.64 bits per heavy atom. The SMILES string of the molecule is OCCCN1CCC(=C2c3ccccc3CSc3ccccc32)CC1. The smallest absolute Gasteiger partial charge is 0.0443 e. The van der Waals surface area contributed by atoms with E-state index in [0.29, 0.717) is 6.61 Å². The molecule has 0 saturated carbocycles. The number of benzene rings is 2. The summed E-state index contributed by atoms with van der Waals surface area (Å²) in [5.74, 6) is 1.05. The zero-order valence-corrected chi connectivity index (χ0v) is 15.4. The molecule has 1 fully saturated rings. The maximum Gasteiger partial charge on any atom is 0.0443 e. The highest BCUT2D eigenvalue weighted by molar-refractivity contribution is 7.98. The molecule has 1 N–H and O–H groups in total. The average Bonchev–Trinajstić information content (AvgIpc) is 2.84. The molecule has 0 aromatic heterocycles. The lowest BCUT2D eigenvalue weighted by Gasteiger charge is -2.30. The van der Waals surface area contributed by atoms with Crippen LogP contribution in [0.2, 0.25) is 0 Å². The molecule has 3 heteroatoms. The van der Waals surface area contributed by atoms with E-state index >= 15 is 0 Å². The number of hydrogen-bond acceptors (Lipinski definition) is 3. The largest absolute Gasteiger partial charge is 0.396 e.